The molecule has 24 heavy (non-hydrogen) atoms. The Morgan fingerprint density at radius 1 is 1.29 bits per heavy atom. The van der Waals surface area contributed by atoms with E-state index < -0.39 is 0 Å². The Morgan fingerprint density at radius 2 is 2.04 bits per heavy atom. The van der Waals surface area contributed by atoms with E-state index in [4.69, 9.17) is 9.47 Å². The lowest BCUT2D eigenvalue weighted by Crippen LogP contribution is -2.22. The second-order valence-corrected chi connectivity index (χ2v) is 7.58. The summed E-state index contributed by atoms with van der Waals surface area (Å²) in [6.45, 7) is 8.69. The zero-order valence-corrected chi connectivity index (χ0v) is 15.5. The van der Waals surface area contributed by atoms with Gasteiger partial charge in [-0.1, -0.05) is 49.8 Å². The number of amides is 1. The van der Waals surface area contributed by atoms with E-state index in [-0.39, 0.29) is 17.9 Å². The van der Waals surface area contributed by atoms with Crippen LogP contribution in [0.1, 0.15) is 36.9 Å². The molecule has 2 aromatic rings. The first-order valence-electron chi connectivity index (χ1n) is 7.64. The molecule has 0 aliphatic heterocycles. The summed E-state index contributed by atoms with van der Waals surface area (Å²) in [5.74, 6) is 0.455. The van der Waals surface area contributed by atoms with Crippen LogP contribution in [0, 0.1) is 6.92 Å². The summed E-state index contributed by atoms with van der Waals surface area (Å²) in [6.07, 6.45) is 0. The summed E-state index contributed by atoms with van der Waals surface area (Å²) < 4.78 is 10.7. The summed E-state index contributed by atoms with van der Waals surface area (Å²) in [5.41, 5.74) is 2.18. The smallest absolute Gasteiger partial charge is 0.264 e. The van der Waals surface area contributed by atoms with Crippen LogP contribution >= 0.6 is 11.3 Å². The molecule has 2 rings (SSSR count). The topological polar surface area (TPSA) is 73.3 Å². The maximum Gasteiger partial charge on any atom is 0.264 e. The number of benzene rings is 1. The molecule has 0 atom stereocenters. The number of aromatic nitrogens is 2. The highest BCUT2D eigenvalue weighted by molar-refractivity contribution is 7.15. The standard InChI is InChI=1S/C17H23N3O3S/c1-11-6-7-13(12(8-11)17(2,3)4)23-9-14(21)18-16-20-19-15(24-16)10-22-5/h6-8H,9-10H2,1-5H3,(H,18,20,21). The Morgan fingerprint density at radius 3 is 2.71 bits per heavy atom. The fourth-order valence-electron chi connectivity index (χ4n) is 2.14. The molecular weight excluding hydrogens is 326 g/mol. The Hall–Kier alpha value is -1.99. The predicted octanol–water partition coefficient (Wildman–Crippen LogP) is 3.31. The molecule has 0 bridgehead atoms. The van der Waals surface area contributed by atoms with Crippen molar-refractivity contribution in [3.63, 3.8) is 0 Å². The minimum absolute atomic E-state index is 0.0634. The number of nitrogens with zero attached hydrogens (tertiary/aromatic N) is 2. The van der Waals surface area contributed by atoms with Crippen LogP contribution in [0.15, 0.2) is 18.2 Å². The van der Waals surface area contributed by atoms with Crippen LogP contribution in [0.25, 0.3) is 0 Å². The lowest BCUT2D eigenvalue weighted by molar-refractivity contribution is -0.118. The largest absolute Gasteiger partial charge is 0.483 e. The van der Waals surface area contributed by atoms with E-state index in [1.165, 1.54) is 11.3 Å². The van der Waals surface area contributed by atoms with E-state index >= 15 is 0 Å². The van der Waals surface area contributed by atoms with Crippen LogP contribution in [0.2, 0.25) is 0 Å². The van der Waals surface area contributed by atoms with E-state index in [0.717, 1.165) is 16.9 Å². The van der Waals surface area contributed by atoms with Gasteiger partial charge in [-0.3, -0.25) is 10.1 Å². The molecule has 1 heterocycles. The highest BCUT2D eigenvalue weighted by atomic mass is 32.1. The van der Waals surface area contributed by atoms with E-state index in [1.54, 1.807) is 7.11 Å². The van der Waals surface area contributed by atoms with Crippen LogP contribution < -0.4 is 10.1 Å². The van der Waals surface area contributed by atoms with Crippen molar-refractivity contribution in [1.82, 2.24) is 10.2 Å². The van der Waals surface area contributed by atoms with Crippen molar-refractivity contribution >= 4 is 22.4 Å². The van der Waals surface area contributed by atoms with Crippen molar-refractivity contribution in [2.24, 2.45) is 0 Å². The molecule has 1 N–H and O–H groups in total. The zero-order valence-electron chi connectivity index (χ0n) is 14.7. The Balaban J connectivity index is 1.98. The maximum atomic E-state index is 12.1. The van der Waals surface area contributed by atoms with Crippen LogP contribution in [-0.2, 0) is 21.6 Å². The number of carbonyl (C=O) groups is 1. The number of methoxy groups -OCH3 is 1. The highest BCUT2D eigenvalue weighted by Gasteiger charge is 2.20. The molecule has 0 saturated carbocycles. The second-order valence-electron chi connectivity index (χ2n) is 6.52. The van der Waals surface area contributed by atoms with Crippen molar-refractivity contribution in [2.75, 3.05) is 19.0 Å². The Bertz CT molecular complexity index is 707. The molecule has 130 valence electrons. The predicted molar refractivity (Wildman–Crippen MR) is 94.6 cm³/mol. The quantitative estimate of drug-likeness (QED) is 0.866. The molecule has 0 spiro atoms. The number of carbonyl (C=O) groups excluding carboxylic acids is 1. The summed E-state index contributed by atoms with van der Waals surface area (Å²) in [7, 11) is 1.59. The normalized spacial score (nSPS) is 11.4. The molecule has 1 aromatic carbocycles. The van der Waals surface area contributed by atoms with Gasteiger partial charge in [0.2, 0.25) is 5.13 Å². The summed E-state index contributed by atoms with van der Waals surface area (Å²) >= 11 is 1.28. The molecular formula is C17H23N3O3S. The van der Waals surface area contributed by atoms with Gasteiger partial charge in [0, 0.05) is 7.11 Å². The first-order chi connectivity index (χ1) is 11.3. The molecule has 0 aliphatic rings. The fourth-order valence-corrected chi connectivity index (χ4v) is 2.87. The van der Waals surface area contributed by atoms with Crippen LogP contribution in [0.4, 0.5) is 5.13 Å². The fraction of sp³-hybridized carbons (Fsp3) is 0.471. The monoisotopic (exact) mass is 349 g/mol. The van der Waals surface area contributed by atoms with Crippen molar-refractivity contribution in [1.29, 1.82) is 0 Å². The van der Waals surface area contributed by atoms with Crippen molar-refractivity contribution in [3.8, 4) is 5.75 Å². The van der Waals surface area contributed by atoms with E-state index in [2.05, 4.69) is 42.4 Å². The van der Waals surface area contributed by atoms with Gasteiger partial charge < -0.3 is 9.47 Å². The lowest BCUT2D eigenvalue weighted by atomic mass is 9.85. The lowest BCUT2D eigenvalue weighted by Gasteiger charge is -2.23. The van der Waals surface area contributed by atoms with Crippen LogP contribution in [-0.4, -0.2) is 29.8 Å². The van der Waals surface area contributed by atoms with E-state index in [9.17, 15) is 4.79 Å². The van der Waals surface area contributed by atoms with E-state index in [1.807, 2.05) is 19.1 Å². The molecule has 1 amide bonds. The number of hydrogen-bond donors (Lipinski definition) is 1. The third-order valence-corrected chi connectivity index (χ3v) is 4.10. The van der Waals surface area contributed by atoms with Crippen molar-refractivity contribution in [3.05, 3.63) is 34.3 Å². The summed E-state index contributed by atoms with van der Waals surface area (Å²) in [6, 6.07) is 5.98. The molecule has 0 saturated heterocycles. The van der Waals surface area contributed by atoms with Gasteiger partial charge in [-0.15, -0.1) is 10.2 Å². The zero-order chi connectivity index (χ0) is 17.7. The number of rotatable bonds is 6. The van der Waals surface area contributed by atoms with Crippen LogP contribution in [0.3, 0.4) is 0 Å². The van der Waals surface area contributed by atoms with Crippen LogP contribution in [0.5, 0.6) is 5.75 Å². The van der Waals surface area contributed by atoms with Gasteiger partial charge in [0.25, 0.3) is 5.91 Å². The molecule has 0 radical (unpaired) electrons. The first-order valence-corrected chi connectivity index (χ1v) is 8.46. The van der Waals surface area contributed by atoms with Gasteiger partial charge in [0.15, 0.2) is 6.61 Å². The second kappa shape index (κ2) is 7.72. The maximum absolute atomic E-state index is 12.1. The minimum atomic E-state index is -0.268. The molecule has 0 unspecified atom stereocenters. The van der Waals surface area contributed by atoms with Crippen molar-refractivity contribution < 1.29 is 14.3 Å². The first kappa shape index (κ1) is 18.4. The number of aryl methyl sites for hydroxylation is 1. The minimum Gasteiger partial charge on any atom is -0.483 e. The molecule has 7 heteroatoms. The van der Waals surface area contributed by atoms with Gasteiger partial charge in [-0.05, 0) is 24.0 Å². The Kier molecular flexibility index (Phi) is 5.90. The number of hydrogen-bond acceptors (Lipinski definition) is 6. The van der Waals surface area contributed by atoms with Crippen molar-refractivity contribution in [2.45, 2.75) is 39.7 Å². The number of anilines is 1. The third-order valence-electron chi connectivity index (χ3n) is 3.28. The van der Waals surface area contributed by atoms with Gasteiger partial charge in [0.05, 0.1) is 0 Å². The number of ether oxygens (including phenoxy) is 2. The molecule has 1 aromatic heterocycles. The van der Waals surface area contributed by atoms with Gasteiger partial charge in [0.1, 0.15) is 17.4 Å². The SMILES string of the molecule is COCc1nnc(NC(=O)COc2ccc(C)cc2C(C)(C)C)s1. The van der Waals surface area contributed by atoms with Gasteiger partial charge in [-0.25, -0.2) is 0 Å². The third kappa shape index (κ3) is 5.01. The average molecular weight is 349 g/mol. The highest BCUT2D eigenvalue weighted by Crippen LogP contribution is 2.32. The summed E-state index contributed by atoms with van der Waals surface area (Å²) in [5, 5.41) is 11.7. The van der Waals surface area contributed by atoms with E-state index in [0.29, 0.717) is 16.7 Å². The molecule has 0 aliphatic carbocycles. The molecule has 0 fully saturated rings. The van der Waals surface area contributed by atoms with Gasteiger partial charge in [-0.2, -0.15) is 0 Å². The Labute approximate surface area is 146 Å². The number of nitrogens with one attached hydrogen (secondary N) is 1. The summed E-state index contributed by atoms with van der Waals surface area (Å²) in [4.78, 5) is 12.1. The average Bonchev–Trinajstić information content (AvgIpc) is 2.92. The van der Waals surface area contributed by atoms with Gasteiger partial charge >= 0.3 is 0 Å². The molecule has 6 nitrogen and oxygen atoms in total.